The summed E-state index contributed by atoms with van der Waals surface area (Å²) >= 11 is 1.36. The number of nitrogens with two attached hydrogens (primary N) is 1. The zero-order valence-electron chi connectivity index (χ0n) is 11.0. The molecule has 0 aromatic carbocycles. The van der Waals surface area contributed by atoms with E-state index in [1.807, 2.05) is 6.92 Å². The molecule has 1 amide bonds. The molecule has 0 atom stereocenters. The number of carboxylic acid groups (broad SMARTS) is 1. The van der Waals surface area contributed by atoms with Crippen LogP contribution in [0.4, 0.5) is 0 Å². The topological polar surface area (TPSA) is 124 Å². The summed E-state index contributed by atoms with van der Waals surface area (Å²) in [4.78, 5) is 27.1. The Balaban J connectivity index is 2.52. The van der Waals surface area contributed by atoms with Crippen molar-refractivity contribution < 1.29 is 14.7 Å². The second kappa shape index (κ2) is 5.37. The van der Waals surface area contributed by atoms with Crippen molar-refractivity contribution in [1.82, 2.24) is 20.0 Å². The van der Waals surface area contributed by atoms with Gasteiger partial charge in [0.1, 0.15) is 5.69 Å². The van der Waals surface area contributed by atoms with Gasteiger partial charge in [0.05, 0.1) is 22.1 Å². The van der Waals surface area contributed by atoms with Crippen LogP contribution in [0.15, 0.2) is 0 Å². The van der Waals surface area contributed by atoms with Gasteiger partial charge in [0.2, 0.25) is 5.91 Å². The highest BCUT2D eigenvalue weighted by atomic mass is 32.1. The van der Waals surface area contributed by atoms with Gasteiger partial charge >= 0.3 is 5.97 Å². The first-order valence-corrected chi connectivity index (χ1v) is 6.61. The van der Waals surface area contributed by atoms with Crippen LogP contribution in [0.2, 0.25) is 0 Å². The third-order valence-corrected chi connectivity index (χ3v) is 3.71. The molecule has 20 heavy (non-hydrogen) atoms. The lowest BCUT2D eigenvalue weighted by atomic mass is 10.2. The lowest BCUT2D eigenvalue weighted by Gasteiger charge is -2.04. The quantitative estimate of drug-likeness (QED) is 0.832. The normalized spacial score (nSPS) is 10.7. The highest BCUT2D eigenvalue weighted by Gasteiger charge is 2.24. The summed E-state index contributed by atoms with van der Waals surface area (Å²) in [6.45, 7) is 3.80. The number of carbonyl (C=O) groups is 2. The van der Waals surface area contributed by atoms with Crippen molar-refractivity contribution in [2.45, 2.75) is 26.8 Å². The Hall–Kier alpha value is -2.29. The van der Waals surface area contributed by atoms with Crippen molar-refractivity contribution in [3.05, 3.63) is 16.4 Å². The molecule has 0 radical (unpaired) electrons. The molecule has 9 heteroatoms. The average molecular weight is 295 g/mol. The number of thiazole rings is 1. The van der Waals surface area contributed by atoms with Gasteiger partial charge in [0.25, 0.3) is 0 Å². The van der Waals surface area contributed by atoms with Gasteiger partial charge in [-0.15, -0.1) is 16.4 Å². The van der Waals surface area contributed by atoms with Crippen molar-refractivity contribution >= 4 is 23.2 Å². The first-order chi connectivity index (χ1) is 9.40. The minimum Gasteiger partial charge on any atom is -0.476 e. The molecular weight excluding hydrogens is 282 g/mol. The first-order valence-electron chi connectivity index (χ1n) is 5.79. The Morgan fingerprint density at radius 3 is 2.60 bits per heavy atom. The van der Waals surface area contributed by atoms with E-state index in [1.165, 1.54) is 16.0 Å². The number of nitrogens with zero attached hydrogens (tertiary/aromatic N) is 4. The maximum absolute atomic E-state index is 11.2. The van der Waals surface area contributed by atoms with E-state index in [2.05, 4.69) is 15.3 Å². The van der Waals surface area contributed by atoms with Crippen LogP contribution in [0.1, 0.15) is 27.6 Å². The number of aromatic carboxylic acids is 1. The molecule has 0 fully saturated rings. The average Bonchev–Trinajstić information content (AvgIpc) is 2.89. The molecule has 0 unspecified atom stereocenters. The fraction of sp³-hybridized carbons (Fsp3) is 0.364. The van der Waals surface area contributed by atoms with E-state index >= 15 is 0 Å². The predicted molar refractivity (Wildman–Crippen MR) is 71.4 cm³/mol. The Kier molecular flexibility index (Phi) is 3.79. The summed E-state index contributed by atoms with van der Waals surface area (Å²) in [7, 11) is 0. The van der Waals surface area contributed by atoms with Crippen molar-refractivity contribution in [1.29, 1.82) is 0 Å². The van der Waals surface area contributed by atoms with Gasteiger partial charge in [-0.05, 0) is 13.8 Å². The fourth-order valence-electron chi connectivity index (χ4n) is 1.81. The smallest absolute Gasteiger partial charge is 0.358 e. The number of aromatic nitrogens is 4. The third kappa shape index (κ3) is 2.67. The molecule has 0 aliphatic carbocycles. The summed E-state index contributed by atoms with van der Waals surface area (Å²) in [6, 6.07) is 0. The maximum Gasteiger partial charge on any atom is 0.358 e. The van der Waals surface area contributed by atoms with Crippen molar-refractivity contribution in [2.24, 2.45) is 5.73 Å². The summed E-state index contributed by atoms with van der Waals surface area (Å²) < 4.78 is 1.38. The van der Waals surface area contributed by atoms with Gasteiger partial charge in [-0.3, -0.25) is 4.79 Å². The first kappa shape index (κ1) is 14.1. The van der Waals surface area contributed by atoms with Crippen LogP contribution in [-0.2, 0) is 11.3 Å². The number of amides is 1. The van der Waals surface area contributed by atoms with Crippen LogP contribution in [0.5, 0.6) is 0 Å². The molecule has 106 valence electrons. The minimum atomic E-state index is -1.17. The fourth-order valence-corrected chi connectivity index (χ4v) is 2.78. The van der Waals surface area contributed by atoms with Crippen LogP contribution in [0.3, 0.4) is 0 Å². The number of hydrogen-bond acceptors (Lipinski definition) is 6. The molecular formula is C11H13N5O3S. The number of carbonyl (C=O) groups excluding carboxylic acids is 1. The van der Waals surface area contributed by atoms with Gasteiger partial charge in [-0.1, -0.05) is 5.21 Å². The number of carboxylic acids is 1. The van der Waals surface area contributed by atoms with E-state index in [1.54, 1.807) is 6.92 Å². The molecule has 2 aromatic rings. The summed E-state index contributed by atoms with van der Waals surface area (Å²) in [5.74, 6) is -1.66. The van der Waals surface area contributed by atoms with Crippen LogP contribution >= 0.6 is 11.3 Å². The van der Waals surface area contributed by atoms with Crippen LogP contribution < -0.4 is 5.73 Å². The van der Waals surface area contributed by atoms with Crippen LogP contribution in [-0.4, -0.2) is 37.0 Å². The number of aryl methyl sites for hydroxylation is 3. The zero-order valence-corrected chi connectivity index (χ0v) is 11.8. The molecule has 0 saturated carbocycles. The standard InChI is InChI=1S/C11H13N5O3S/c1-5-10(20-6(2)13-5)9-8(11(18)19)14-15-16(9)4-3-7(12)17/h3-4H2,1-2H3,(H2,12,17)(H,18,19). The zero-order chi connectivity index (χ0) is 14.9. The summed E-state index contributed by atoms with van der Waals surface area (Å²) in [5.41, 5.74) is 6.02. The molecule has 2 rings (SSSR count). The van der Waals surface area contributed by atoms with E-state index in [0.29, 0.717) is 16.3 Å². The van der Waals surface area contributed by atoms with Crippen molar-refractivity contribution in [3.8, 4) is 10.6 Å². The molecule has 3 N–H and O–H groups in total. The highest BCUT2D eigenvalue weighted by molar-refractivity contribution is 7.15. The molecule has 8 nitrogen and oxygen atoms in total. The lowest BCUT2D eigenvalue weighted by molar-refractivity contribution is -0.118. The Bertz CT molecular complexity index is 676. The van der Waals surface area contributed by atoms with E-state index in [-0.39, 0.29) is 18.7 Å². The van der Waals surface area contributed by atoms with Crippen LogP contribution in [0, 0.1) is 13.8 Å². The van der Waals surface area contributed by atoms with Gasteiger partial charge < -0.3 is 10.8 Å². The van der Waals surface area contributed by atoms with Gasteiger partial charge in [-0.25, -0.2) is 14.5 Å². The predicted octanol–water partition coefficient (Wildman–Crippen LogP) is 0.592. The molecule has 0 bridgehead atoms. The lowest BCUT2D eigenvalue weighted by Crippen LogP contribution is -2.15. The highest BCUT2D eigenvalue weighted by Crippen LogP contribution is 2.31. The SMILES string of the molecule is Cc1nc(C)c(-c2c(C(=O)O)nnn2CCC(N)=O)s1. The largest absolute Gasteiger partial charge is 0.476 e. The molecule has 0 aliphatic rings. The monoisotopic (exact) mass is 295 g/mol. The molecule has 0 aliphatic heterocycles. The maximum atomic E-state index is 11.2. The van der Waals surface area contributed by atoms with Gasteiger partial charge in [0, 0.05) is 6.42 Å². The van der Waals surface area contributed by atoms with E-state index in [0.717, 1.165) is 5.01 Å². The molecule has 0 spiro atoms. The number of rotatable bonds is 5. The summed E-state index contributed by atoms with van der Waals surface area (Å²) in [6.07, 6.45) is 0.0618. The number of hydrogen-bond donors (Lipinski definition) is 2. The van der Waals surface area contributed by atoms with E-state index < -0.39 is 11.9 Å². The van der Waals surface area contributed by atoms with Gasteiger partial charge in [0.15, 0.2) is 5.69 Å². The second-order valence-corrected chi connectivity index (χ2v) is 5.38. The van der Waals surface area contributed by atoms with E-state index in [9.17, 15) is 14.7 Å². The Morgan fingerprint density at radius 1 is 1.40 bits per heavy atom. The molecule has 2 heterocycles. The Labute approximate surface area is 118 Å². The van der Waals surface area contributed by atoms with Crippen molar-refractivity contribution in [3.63, 3.8) is 0 Å². The minimum absolute atomic E-state index is 0.0618. The number of primary amides is 1. The van der Waals surface area contributed by atoms with Crippen LogP contribution in [0.25, 0.3) is 10.6 Å². The van der Waals surface area contributed by atoms with E-state index in [4.69, 9.17) is 5.73 Å². The summed E-state index contributed by atoms with van der Waals surface area (Å²) in [5, 5.41) is 17.5. The third-order valence-electron chi connectivity index (χ3n) is 2.63. The molecule has 0 saturated heterocycles. The van der Waals surface area contributed by atoms with Crippen molar-refractivity contribution in [2.75, 3.05) is 0 Å². The van der Waals surface area contributed by atoms with Gasteiger partial charge in [-0.2, -0.15) is 0 Å². The Morgan fingerprint density at radius 2 is 2.10 bits per heavy atom. The second-order valence-electron chi connectivity index (χ2n) is 4.18. The molecule has 2 aromatic heterocycles.